The van der Waals surface area contributed by atoms with Crippen molar-refractivity contribution in [3.8, 4) is 11.4 Å². The molecule has 1 N–H and O–H groups in total. The Labute approximate surface area is 228 Å². The number of anilines is 1. The summed E-state index contributed by atoms with van der Waals surface area (Å²) in [5, 5.41) is 16.3. The highest BCUT2D eigenvalue weighted by Crippen LogP contribution is 2.27. The molecule has 2 amide bonds. The second-order valence-corrected chi connectivity index (χ2v) is 10.7. The molecular weight excluding hydrogens is 504 g/mol. The highest BCUT2D eigenvalue weighted by atomic mass is 35.5. The Kier molecular flexibility index (Phi) is 9.12. The zero-order valence-electron chi connectivity index (χ0n) is 22.4. The topological polar surface area (TPSA) is 102 Å². The summed E-state index contributed by atoms with van der Waals surface area (Å²) < 4.78 is 5.69. The third-order valence-electron chi connectivity index (χ3n) is 6.56. The number of hydrogen-bond donors (Lipinski definition) is 1. The van der Waals surface area contributed by atoms with Crippen LogP contribution in [0, 0.1) is 19.8 Å². The van der Waals surface area contributed by atoms with E-state index in [2.05, 4.69) is 20.7 Å². The van der Waals surface area contributed by atoms with E-state index in [1.807, 2.05) is 45.9 Å². The molecule has 0 spiro atoms. The number of carbonyl (C=O) groups excluding carboxylic acids is 2. The van der Waals surface area contributed by atoms with Crippen molar-refractivity contribution in [2.24, 2.45) is 5.92 Å². The molecular formula is C28H35ClN6O3. The van der Waals surface area contributed by atoms with E-state index in [0.717, 1.165) is 29.5 Å². The van der Waals surface area contributed by atoms with Gasteiger partial charge < -0.3 is 10.1 Å². The number of nitrogens with one attached hydrogen (secondary N) is 1. The Balaban J connectivity index is 1.62. The number of hydrogen-bond acceptors (Lipinski definition) is 6. The minimum Gasteiger partial charge on any atom is -0.376 e. The van der Waals surface area contributed by atoms with Crippen molar-refractivity contribution >= 4 is 29.1 Å². The second-order valence-electron chi connectivity index (χ2n) is 10.2. The van der Waals surface area contributed by atoms with E-state index in [9.17, 15) is 9.59 Å². The molecule has 1 saturated heterocycles. The lowest BCUT2D eigenvalue weighted by Gasteiger charge is -2.33. The maximum absolute atomic E-state index is 13.9. The van der Waals surface area contributed by atoms with E-state index in [4.69, 9.17) is 16.3 Å². The molecule has 0 radical (unpaired) electrons. The minimum absolute atomic E-state index is 0.00847. The molecule has 2 heterocycles. The third-order valence-corrected chi connectivity index (χ3v) is 6.81. The molecule has 9 nitrogen and oxygen atoms in total. The summed E-state index contributed by atoms with van der Waals surface area (Å²) >= 11 is 5.99. The summed E-state index contributed by atoms with van der Waals surface area (Å²) in [6.45, 7) is 8.98. The number of amides is 2. The Morgan fingerprint density at radius 1 is 1.18 bits per heavy atom. The number of benzene rings is 2. The van der Waals surface area contributed by atoms with Crippen molar-refractivity contribution in [3.63, 3.8) is 0 Å². The van der Waals surface area contributed by atoms with Crippen LogP contribution < -0.4 is 10.2 Å². The van der Waals surface area contributed by atoms with Crippen LogP contribution in [0.3, 0.4) is 0 Å². The number of ether oxygens (including phenoxy) is 1. The standard InChI is InChI=1S/C28H35ClN6O3/c1-18(2)14-25(28(37)30-16-23-6-5-13-38-23)35(24-15-19(3)7-8-20(24)4)26(36)17-34-32-27(31-33-34)21-9-11-22(29)12-10-21/h7-12,15,18,23,25H,5-6,13-14,16-17H2,1-4H3,(H,30,37)/t23-,25+/m1/s1. The number of aryl methyl sites for hydroxylation is 2. The van der Waals surface area contributed by atoms with Crippen LogP contribution in [0.2, 0.25) is 5.02 Å². The predicted octanol–water partition coefficient (Wildman–Crippen LogP) is 4.35. The van der Waals surface area contributed by atoms with Gasteiger partial charge in [-0.3, -0.25) is 14.5 Å². The molecule has 0 bridgehead atoms. The smallest absolute Gasteiger partial charge is 0.251 e. The van der Waals surface area contributed by atoms with Crippen molar-refractivity contribution in [1.82, 2.24) is 25.5 Å². The molecule has 1 aromatic heterocycles. The van der Waals surface area contributed by atoms with Gasteiger partial charge in [0, 0.05) is 29.4 Å². The SMILES string of the molecule is Cc1ccc(C)c(N(C(=O)Cn2nnc(-c3ccc(Cl)cc3)n2)[C@@H](CC(C)C)C(=O)NC[C@H]2CCCO2)c1. The molecule has 1 aliphatic heterocycles. The molecule has 0 aliphatic carbocycles. The summed E-state index contributed by atoms with van der Waals surface area (Å²) in [5.74, 6) is 0.0734. The number of tetrazole rings is 1. The zero-order valence-corrected chi connectivity index (χ0v) is 23.1. The van der Waals surface area contributed by atoms with E-state index in [-0.39, 0.29) is 30.4 Å². The summed E-state index contributed by atoms with van der Waals surface area (Å²) in [7, 11) is 0. The highest BCUT2D eigenvalue weighted by molar-refractivity contribution is 6.30. The fourth-order valence-corrected chi connectivity index (χ4v) is 4.72. The van der Waals surface area contributed by atoms with Gasteiger partial charge in [-0.1, -0.05) is 37.6 Å². The molecule has 1 fully saturated rings. The lowest BCUT2D eigenvalue weighted by Crippen LogP contribution is -2.52. The van der Waals surface area contributed by atoms with Gasteiger partial charge >= 0.3 is 0 Å². The quantitative estimate of drug-likeness (QED) is 0.411. The first-order valence-electron chi connectivity index (χ1n) is 13.0. The predicted molar refractivity (Wildman–Crippen MR) is 147 cm³/mol. The van der Waals surface area contributed by atoms with Crippen molar-refractivity contribution in [2.75, 3.05) is 18.1 Å². The normalized spacial score (nSPS) is 16.0. The fraction of sp³-hybridized carbons (Fsp3) is 0.464. The van der Waals surface area contributed by atoms with Crippen LogP contribution in [0.5, 0.6) is 0 Å². The van der Waals surface area contributed by atoms with Crippen molar-refractivity contribution in [1.29, 1.82) is 0 Å². The molecule has 0 unspecified atom stereocenters. The third kappa shape index (κ3) is 6.96. The molecule has 2 aromatic carbocycles. The van der Waals surface area contributed by atoms with Gasteiger partial charge in [0.1, 0.15) is 12.6 Å². The average Bonchev–Trinajstić information content (AvgIpc) is 3.57. The average molecular weight is 539 g/mol. The van der Waals surface area contributed by atoms with Gasteiger partial charge in [-0.25, -0.2) is 0 Å². The minimum atomic E-state index is -0.705. The first kappa shape index (κ1) is 27.7. The van der Waals surface area contributed by atoms with Crippen LogP contribution in [0.25, 0.3) is 11.4 Å². The van der Waals surface area contributed by atoms with Gasteiger partial charge in [-0.2, -0.15) is 4.80 Å². The Bertz CT molecular complexity index is 1250. The summed E-state index contributed by atoms with van der Waals surface area (Å²) in [6.07, 6.45) is 2.42. The molecule has 4 rings (SSSR count). The van der Waals surface area contributed by atoms with Crippen LogP contribution in [0.15, 0.2) is 42.5 Å². The Morgan fingerprint density at radius 3 is 2.63 bits per heavy atom. The van der Waals surface area contributed by atoms with E-state index in [1.165, 1.54) is 4.80 Å². The maximum atomic E-state index is 13.9. The number of halogens is 1. The van der Waals surface area contributed by atoms with Crippen molar-refractivity contribution < 1.29 is 14.3 Å². The summed E-state index contributed by atoms with van der Waals surface area (Å²) in [6, 6.07) is 12.3. The van der Waals surface area contributed by atoms with Crippen LogP contribution in [-0.2, 0) is 20.9 Å². The van der Waals surface area contributed by atoms with Crippen LogP contribution in [0.4, 0.5) is 5.69 Å². The largest absolute Gasteiger partial charge is 0.376 e. The van der Waals surface area contributed by atoms with Gasteiger partial charge in [-0.15, -0.1) is 10.2 Å². The number of rotatable bonds is 10. The molecule has 1 aliphatic rings. The Morgan fingerprint density at radius 2 is 1.95 bits per heavy atom. The van der Waals surface area contributed by atoms with Gasteiger partial charge in [0.25, 0.3) is 5.91 Å². The van der Waals surface area contributed by atoms with Crippen molar-refractivity contribution in [2.45, 2.75) is 65.6 Å². The van der Waals surface area contributed by atoms with Gasteiger partial charge in [0.05, 0.1) is 6.10 Å². The first-order valence-corrected chi connectivity index (χ1v) is 13.4. The molecule has 3 aromatic rings. The van der Waals surface area contributed by atoms with Gasteiger partial charge in [0.15, 0.2) is 0 Å². The van der Waals surface area contributed by atoms with Gasteiger partial charge in [0.2, 0.25) is 11.7 Å². The van der Waals surface area contributed by atoms with E-state index < -0.39 is 6.04 Å². The molecule has 0 saturated carbocycles. The second kappa shape index (κ2) is 12.5. The number of carbonyl (C=O) groups is 2. The monoisotopic (exact) mass is 538 g/mol. The molecule has 38 heavy (non-hydrogen) atoms. The molecule has 10 heteroatoms. The highest BCUT2D eigenvalue weighted by Gasteiger charge is 2.33. The molecule has 202 valence electrons. The lowest BCUT2D eigenvalue weighted by molar-refractivity contribution is -0.127. The summed E-state index contributed by atoms with van der Waals surface area (Å²) in [5.41, 5.74) is 3.34. The van der Waals surface area contributed by atoms with Crippen molar-refractivity contribution in [3.05, 3.63) is 58.6 Å². The van der Waals surface area contributed by atoms with Crippen LogP contribution in [0.1, 0.15) is 44.2 Å². The van der Waals surface area contributed by atoms with Crippen LogP contribution >= 0.6 is 11.6 Å². The lowest BCUT2D eigenvalue weighted by atomic mass is 9.99. The maximum Gasteiger partial charge on any atom is 0.251 e. The van der Waals surface area contributed by atoms with Crippen LogP contribution in [-0.4, -0.2) is 57.3 Å². The number of aromatic nitrogens is 4. The fourth-order valence-electron chi connectivity index (χ4n) is 4.59. The number of nitrogens with zero attached hydrogens (tertiary/aromatic N) is 5. The molecule has 2 atom stereocenters. The first-order chi connectivity index (χ1) is 18.2. The van der Waals surface area contributed by atoms with E-state index in [1.54, 1.807) is 29.2 Å². The Hall–Kier alpha value is -3.30. The summed E-state index contributed by atoms with van der Waals surface area (Å²) in [4.78, 5) is 30.4. The van der Waals surface area contributed by atoms with Gasteiger partial charge in [-0.05, 0) is 85.7 Å². The zero-order chi connectivity index (χ0) is 27.2. The van der Waals surface area contributed by atoms with E-state index >= 15 is 0 Å². The van der Waals surface area contributed by atoms with E-state index in [0.29, 0.717) is 36.1 Å².